The number of carbonyl (C=O) groups excluding carboxylic acids is 1. The van der Waals surface area contributed by atoms with Gasteiger partial charge in [0.05, 0.1) is 24.9 Å². The molecule has 2 aromatic heterocycles. The first kappa shape index (κ1) is 25.9. The second-order valence-corrected chi connectivity index (χ2v) is 10.6. The van der Waals surface area contributed by atoms with Crippen molar-refractivity contribution in [2.75, 3.05) is 43.5 Å². The Morgan fingerprint density at radius 1 is 0.976 bits per heavy atom. The first-order chi connectivity index (χ1) is 20.6. The van der Waals surface area contributed by atoms with E-state index in [-0.39, 0.29) is 5.97 Å². The molecule has 5 aromatic rings. The molecule has 1 fully saturated rings. The molecular formula is C33H31N7O2. The summed E-state index contributed by atoms with van der Waals surface area (Å²) >= 11 is 0. The molecule has 0 aliphatic carbocycles. The Kier molecular flexibility index (Phi) is 6.85. The highest BCUT2D eigenvalue weighted by molar-refractivity contribution is 5.89. The van der Waals surface area contributed by atoms with Gasteiger partial charge in [0.1, 0.15) is 0 Å². The van der Waals surface area contributed by atoms with Crippen molar-refractivity contribution in [2.24, 2.45) is 4.99 Å². The number of nitrogens with zero attached hydrogens (tertiary/aromatic N) is 6. The lowest BCUT2D eigenvalue weighted by Gasteiger charge is -2.36. The smallest absolute Gasteiger partial charge is 0.337 e. The van der Waals surface area contributed by atoms with E-state index < -0.39 is 0 Å². The van der Waals surface area contributed by atoms with Gasteiger partial charge in [-0.05, 0) is 59.2 Å². The minimum Gasteiger partial charge on any atom is -0.465 e. The predicted molar refractivity (Wildman–Crippen MR) is 165 cm³/mol. The Hall–Kier alpha value is -5.02. The fourth-order valence-corrected chi connectivity index (χ4v) is 5.60. The second-order valence-electron chi connectivity index (χ2n) is 10.6. The monoisotopic (exact) mass is 557 g/mol. The van der Waals surface area contributed by atoms with E-state index in [0.717, 1.165) is 67.7 Å². The summed E-state index contributed by atoms with van der Waals surface area (Å²) in [4.78, 5) is 30.4. The molecule has 0 radical (unpaired) electrons. The molecule has 0 bridgehead atoms. The number of hydrogen-bond acceptors (Lipinski definition) is 8. The molecule has 3 aromatic carbocycles. The number of anilines is 3. The minimum absolute atomic E-state index is 0.304. The van der Waals surface area contributed by atoms with Crippen LogP contribution in [-0.4, -0.2) is 64.7 Å². The zero-order valence-electron chi connectivity index (χ0n) is 23.4. The highest BCUT2D eigenvalue weighted by atomic mass is 16.5. The molecule has 42 heavy (non-hydrogen) atoms. The van der Waals surface area contributed by atoms with Crippen LogP contribution in [0.3, 0.4) is 0 Å². The molecule has 0 atom stereocenters. The molecule has 9 heteroatoms. The van der Waals surface area contributed by atoms with Gasteiger partial charge in [0.25, 0.3) is 0 Å². The molecular weight excluding hydrogens is 526 g/mol. The summed E-state index contributed by atoms with van der Waals surface area (Å²) in [5.74, 6) is 0.414. The van der Waals surface area contributed by atoms with Crippen molar-refractivity contribution >= 4 is 35.0 Å². The molecule has 2 aliphatic heterocycles. The molecule has 0 spiro atoms. The Bertz CT molecular complexity index is 1770. The number of piperazine rings is 1. The van der Waals surface area contributed by atoms with Crippen LogP contribution in [0.4, 0.5) is 17.2 Å². The number of aromatic nitrogens is 3. The summed E-state index contributed by atoms with van der Waals surface area (Å²) in [5.41, 5.74) is 9.06. The molecule has 1 N–H and O–H groups in total. The third-order valence-corrected chi connectivity index (χ3v) is 7.95. The molecule has 0 unspecified atom stereocenters. The summed E-state index contributed by atoms with van der Waals surface area (Å²) < 4.78 is 6.80. The van der Waals surface area contributed by atoms with Crippen LogP contribution in [0.5, 0.6) is 0 Å². The van der Waals surface area contributed by atoms with Gasteiger partial charge in [-0.1, -0.05) is 24.3 Å². The number of imidazole rings is 1. The van der Waals surface area contributed by atoms with Crippen LogP contribution in [0.25, 0.3) is 16.9 Å². The fraction of sp³-hybridized carbons (Fsp3) is 0.212. The molecule has 0 amide bonds. The maximum atomic E-state index is 11.7. The van der Waals surface area contributed by atoms with Crippen molar-refractivity contribution in [3.05, 3.63) is 108 Å². The lowest BCUT2D eigenvalue weighted by atomic mass is 10.0. The Labute approximate surface area is 244 Å². The van der Waals surface area contributed by atoms with Gasteiger partial charge in [-0.3, -0.25) is 9.89 Å². The van der Waals surface area contributed by atoms with E-state index in [4.69, 9.17) is 9.72 Å². The molecule has 7 rings (SSSR count). The third kappa shape index (κ3) is 5.22. The van der Waals surface area contributed by atoms with Gasteiger partial charge < -0.3 is 19.4 Å². The molecule has 210 valence electrons. The first-order valence-electron chi connectivity index (χ1n) is 14.1. The van der Waals surface area contributed by atoms with Crippen molar-refractivity contribution in [2.45, 2.75) is 13.1 Å². The van der Waals surface area contributed by atoms with E-state index in [2.05, 4.69) is 67.6 Å². The quantitative estimate of drug-likeness (QED) is 0.276. The average Bonchev–Trinajstić information content (AvgIpc) is 3.71. The van der Waals surface area contributed by atoms with Crippen molar-refractivity contribution in [3.8, 4) is 11.3 Å². The molecule has 4 heterocycles. The summed E-state index contributed by atoms with van der Waals surface area (Å²) in [6.45, 7) is 5.44. The number of carbonyl (C=O) groups is 1. The number of ether oxygens (including phenoxy) is 1. The molecule has 9 nitrogen and oxygen atoms in total. The van der Waals surface area contributed by atoms with Crippen LogP contribution in [-0.2, 0) is 17.8 Å². The summed E-state index contributed by atoms with van der Waals surface area (Å²) in [5, 5.41) is 3.50. The maximum Gasteiger partial charge on any atom is 0.337 e. The maximum absolute atomic E-state index is 11.7. The van der Waals surface area contributed by atoms with Crippen LogP contribution in [0.15, 0.2) is 90.3 Å². The van der Waals surface area contributed by atoms with E-state index in [1.54, 1.807) is 6.20 Å². The van der Waals surface area contributed by atoms with Gasteiger partial charge in [0.2, 0.25) is 0 Å². The van der Waals surface area contributed by atoms with Crippen LogP contribution >= 0.6 is 0 Å². The van der Waals surface area contributed by atoms with Crippen molar-refractivity contribution in [1.82, 2.24) is 19.3 Å². The van der Waals surface area contributed by atoms with Gasteiger partial charge >= 0.3 is 5.97 Å². The third-order valence-electron chi connectivity index (χ3n) is 7.95. The summed E-state index contributed by atoms with van der Waals surface area (Å²) in [6.07, 6.45) is 7.69. The number of methoxy groups -OCH3 is 1. The Morgan fingerprint density at radius 3 is 2.57 bits per heavy atom. The summed E-state index contributed by atoms with van der Waals surface area (Å²) in [7, 11) is 1.40. The normalized spacial score (nSPS) is 14.7. The van der Waals surface area contributed by atoms with E-state index in [1.165, 1.54) is 29.5 Å². The van der Waals surface area contributed by atoms with Crippen LogP contribution < -0.4 is 10.2 Å². The van der Waals surface area contributed by atoms with Crippen molar-refractivity contribution in [3.63, 3.8) is 0 Å². The second kappa shape index (κ2) is 11.1. The lowest BCUT2D eigenvalue weighted by molar-refractivity contribution is 0.0600. The standard InChI is InChI=1S/C33H31N7O2/c1-42-33(41)24-4-2-23(3-5-24)21-38-14-16-39(17-15-38)29-10-8-28(9-11-29)36-31-32-35-12-13-40(32)22-30(37-31)25-6-7-26-19-34-20-27(26)18-25/h2-13,18-19,22H,14-17,20-21H2,1H3,(H,36,37). The number of hydrogen-bond donors (Lipinski definition) is 1. The van der Waals surface area contributed by atoms with Gasteiger partial charge in [0, 0.05) is 74.5 Å². The van der Waals surface area contributed by atoms with Crippen molar-refractivity contribution < 1.29 is 9.53 Å². The van der Waals surface area contributed by atoms with Crippen LogP contribution in [0.1, 0.15) is 27.0 Å². The van der Waals surface area contributed by atoms with Gasteiger partial charge in [-0.25, -0.2) is 14.8 Å². The zero-order chi connectivity index (χ0) is 28.5. The van der Waals surface area contributed by atoms with Crippen molar-refractivity contribution in [1.29, 1.82) is 0 Å². The average molecular weight is 558 g/mol. The van der Waals surface area contributed by atoms with Gasteiger partial charge in [0.15, 0.2) is 11.5 Å². The van der Waals surface area contributed by atoms with Crippen LogP contribution in [0, 0.1) is 0 Å². The van der Waals surface area contributed by atoms with E-state index >= 15 is 0 Å². The van der Waals surface area contributed by atoms with E-state index in [9.17, 15) is 4.79 Å². The lowest BCUT2D eigenvalue weighted by Crippen LogP contribution is -2.45. The number of aliphatic imine (C=N–C) groups is 1. The van der Waals surface area contributed by atoms with Gasteiger partial charge in [-0.2, -0.15) is 0 Å². The SMILES string of the molecule is COC(=O)c1ccc(CN2CCN(c3ccc(Nc4nc(-c5ccc6c(c5)CN=C6)cn5ccnc45)cc3)CC2)cc1. The predicted octanol–water partition coefficient (Wildman–Crippen LogP) is 5.18. The molecule has 2 aliphatic rings. The van der Waals surface area contributed by atoms with Crippen LogP contribution in [0.2, 0.25) is 0 Å². The Morgan fingerprint density at radius 2 is 1.79 bits per heavy atom. The van der Waals surface area contributed by atoms with E-state index in [1.807, 2.05) is 47.3 Å². The number of benzene rings is 3. The largest absolute Gasteiger partial charge is 0.465 e. The zero-order valence-corrected chi connectivity index (χ0v) is 23.4. The number of rotatable bonds is 7. The Balaban J connectivity index is 1.00. The van der Waals surface area contributed by atoms with E-state index in [0.29, 0.717) is 5.56 Å². The molecule has 1 saturated heterocycles. The molecule has 0 saturated carbocycles. The highest BCUT2D eigenvalue weighted by Crippen LogP contribution is 2.28. The number of esters is 1. The number of nitrogens with one attached hydrogen (secondary N) is 1. The fourth-order valence-electron chi connectivity index (χ4n) is 5.60. The summed E-state index contributed by atoms with van der Waals surface area (Å²) in [6, 6.07) is 22.6. The highest BCUT2D eigenvalue weighted by Gasteiger charge is 2.18. The number of fused-ring (bicyclic) bond motifs is 2. The first-order valence-corrected chi connectivity index (χ1v) is 14.1. The minimum atomic E-state index is -0.304. The topological polar surface area (TPSA) is 87.4 Å². The van der Waals surface area contributed by atoms with Gasteiger partial charge in [-0.15, -0.1) is 0 Å².